The van der Waals surface area contributed by atoms with Gasteiger partial charge in [-0.05, 0) is 39.7 Å². The van der Waals surface area contributed by atoms with E-state index in [9.17, 15) is 9.90 Å². The van der Waals surface area contributed by atoms with Gasteiger partial charge in [-0.25, -0.2) is 0 Å². The van der Waals surface area contributed by atoms with Crippen LogP contribution in [0.5, 0.6) is 0 Å². The van der Waals surface area contributed by atoms with Gasteiger partial charge >= 0.3 is 5.97 Å². The van der Waals surface area contributed by atoms with Crippen LogP contribution in [0.15, 0.2) is 18.2 Å². The van der Waals surface area contributed by atoms with Gasteiger partial charge in [0.1, 0.15) is 0 Å². The predicted molar refractivity (Wildman–Crippen MR) is 111 cm³/mol. The van der Waals surface area contributed by atoms with Gasteiger partial charge in [-0.15, -0.1) is 10.2 Å². The highest BCUT2D eigenvalue weighted by molar-refractivity contribution is 6.33. The number of aromatic nitrogens is 2. The fraction of sp³-hybridized carbons (Fsp3) is 0.450. The summed E-state index contributed by atoms with van der Waals surface area (Å²) in [7, 11) is 0. The summed E-state index contributed by atoms with van der Waals surface area (Å²) >= 11 is 12.1. The molecule has 0 saturated heterocycles. The van der Waals surface area contributed by atoms with Crippen molar-refractivity contribution >= 4 is 40.5 Å². The third kappa shape index (κ3) is 5.33. The molecule has 0 aliphatic rings. The molecule has 146 valence electrons. The molecular formula is C20H25Cl2N3O2. The van der Waals surface area contributed by atoms with E-state index in [0.717, 1.165) is 22.4 Å². The summed E-state index contributed by atoms with van der Waals surface area (Å²) in [5, 5.41) is 20.7. The van der Waals surface area contributed by atoms with Crippen molar-refractivity contribution in [3.63, 3.8) is 0 Å². The van der Waals surface area contributed by atoms with Crippen molar-refractivity contribution in [3.8, 4) is 0 Å². The maximum atomic E-state index is 11.5. The van der Waals surface area contributed by atoms with Crippen LogP contribution in [0.1, 0.15) is 58.2 Å². The first kappa shape index (κ1) is 21.5. The van der Waals surface area contributed by atoms with E-state index < -0.39 is 5.97 Å². The quantitative estimate of drug-likeness (QED) is 0.671. The first-order valence-electron chi connectivity index (χ1n) is 8.64. The Morgan fingerprint density at radius 2 is 1.52 bits per heavy atom. The lowest BCUT2D eigenvalue weighted by molar-refractivity contribution is -0.136. The van der Waals surface area contributed by atoms with Crippen LogP contribution in [0.3, 0.4) is 0 Å². The first-order chi connectivity index (χ1) is 12.3. The molecule has 2 rings (SSSR count). The third-order valence-electron chi connectivity index (χ3n) is 4.19. The summed E-state index contributed by atoms with van der Waals surface area (Å²) in [5.74, 6) is -0.847. The Morgan fingerprint density at radius 1 is 1.00 bits per heavy atom. The molecule has 0 amide bonds. The van der Waals surface area contributed by atoms with Crippen LogP contribution < -0.4 is 5.32 Å². The Morgan fingerprint density at radius 3 is 1.96 bits per heavy atom. The highest BCUT2D eigenvalue weighted by Crippen LogP contribution is 2.38. The van der Waals surface area contributed by atoms with Crippen LogP contribution in [0.4, 0.5) is 11.4 Å². The minimum Gasteiger partial charge on any atom is -0.481 e. The number of carboxylic acids is 1. The van der Waals surface area contributed by atoms with Gasteiger partial charge < -0.3 is 10.4 Å². The third-order valence-corrected chi connectivity index (χ3v) is 4.66. The molecule has 1 heterocycles. The minimum atomic E-state index is -0.847. The van der Waals surface area contributed by atoms with Gasteiger partial charge in [0.25, 0.3) is 0 Å². The van der Waals surface area contributed by atoms with Crippen molar-refractivity contribution in [2.45, 2.75) is 58.8 Å². The molecule has 0 atom stereocenters. The molecule has 0 spiro atoms. The van der Waals surface area contributed by atoms with Crippen LogP contribution in [0.25, 0.3) is 0 Å². The average molecular weight is 410 g/mol. The van der Waals surface area contributed by atoms with Crippen LogP contribution in [-0.4, -0.2) is 21.3 Å². The molecule has 0 saturated carbocycles. The molecule has 5 nitrogen and oxygen atoms in total. The number of benzene rings is 1. The monoisotopic (exact) mass is 409 g/mol. The number of hydrogen-bond donors (Lipinski definition) is 2. The zero-order valence-corrected chi connectivity index (χ0v) is 18.0. The topological polar surface area (TPSA) is 75.1 Å². The molecule has 1 aromatic heterocycles. The van der Waals surface area contributed by atoms with Crippen molar-refractivity contribution in [3.05, 3.63) is 45.2 Å². The van der Waals surface area contributed by atoms with E-state index in [1.165, 1.54) is 0 Å². The molecule has 7 heteroatoms. The standard InChI is InChI=1S/C20H25Cl2N3O2/c1-19(2,3)13-7-11(23-15-10-16(21)24-25-18(15)22)8-14(20(4,5)6)12(13)9-17(26)27/h7-8,10H,9H2,1-6H3,(H,23,24)(H,26,27). The Balaban J connectivity index is 2.69. The number of rotatable bonds is 4. The molecule has 0 radical (unpaired) electrons. The van der Waals surface area contributed by atoms with Gasteiger partial charge in [-0.1, -0.05) is 64.7 Å². The number of hydrogen-bond acceptors (Lipinski definition) is 4. The maximum Gasteiger partial charge on any atom is 0.307 e. The molecule has 2 aromatic rings. The van der Waals surface area contributed by atoms with E-state index in [1.54, 1.807) is 6.07 Å². The summed E-state index contributed by atoms with van der Waals surface area (Å²) in [4.78, 5) is 11.5. The molecule has 1 aromatic carbocycles. The normalized spacial score (nSPS) is 12.1. The summed E-state index contributed by atoms with van der Waals surface area (Å²) in [6.45, 7) is 12.4. The van der Waals surface area contributed by atoms with E-state index in [2.05, 4.69) is 57.1 Å². The Kier molecular flexibility index (Phi) is 6.07. The number of aliphatic carboxylic acids is 1. The van der Waals surface area contributed by atoms with E-state index in [-0.39, 0.29) is 27.6 Å². The molecule has 0 aliphatic heterocycles. The number of nitrogens with zero attached hydrogens (tertiary/aromatic N) is 2. The molecule has 0 bridgehead atoms. The lowest BCUT2D eigenvalue weighted by Gasteiger charge is -2.31. The smallest absolute Gasteiger partial charge is 0.307 e. The van der Waals surface area contributed by atoms with Gasteiger partial charge in [0.05, 0.1) is 12.1 Å². The largest absolute Gasteiger partial charge is 0.481 e. The second-order valence-corrected chi connectivity index (χ2v) is 9.36. The Labute approximate surface area is 170 Å². The van der Waals surface area contributed by atoms with Gasteiger partial charge in [0.15, 0.2) is 10.3 Å². The predicted octanol–water partition coefficient (Wildman–Crippen LogP) is 5.75. The van der Waals surface area contributed by atoms with Gasteiger partial charge in [-0.3, -0.25) is 4.79 Å². The van der Waals surface area contributed by atoms with Gasteiger partial charge in [0, 0.05) is 11.8 Å². The molecule has 0 fully saturated rings. The lowest BCUT2D eigenvalue weighted by atomic mass is 9.75. The summed E-state index contributed by atoms with van der Waals surface area (Å²) in [5.41, 5.74) is 3.67. The molecule has 2 N–H and O–H groups in total. The van der Waals surface area contributed by atoms with Crippen molar-refractivity contribution in [2.24, 2.45) is 0 Å². The molecular weight excluding hydrogens is 385 g/mol. The van der Waals surface area contributed by atoms with Crippen LogP contribution >= 0.6 is 23.2 Å². The summed E-state index contributed by atoms with van der Waals surface area (Å²) < 4.78 is 0. The van der Waals surface area contributed by atoms with Crippen molar-refractivity contribution < 1.29 is 9.90 Å². The highest BCUT2D eigenvalue weighted by Gasteiger charge is 2.27. The maximum absolute atomic E-state index is 11.5. The van der Waals surface area contributed by atoms with Crippen LogP contribution in [0, 0.1) is 0 Å². The van der Waals surface area contributed by atoms with E-state index >= 15 is 0 Å². The zero-order chi connectivity index (χ0) is 20.6. The number of halogens is 2. The Hall–Kier alpha value is -1.85. The minimum absolute atomic E-state index is 0.0249. The first-order valence-corrected chi connectivity index (χ1v) is 9.40. The number of nitrogens with one attached hydrogen (secondary N) is 1. The summed E-state index contributed by atoms with van der Waals surface area (Å²) in [6.07, 6.45) is -0.0249. The summed E-state index contributed by atoms with van der Waals surface area (Å²) in [6, 6.07) is 5.55. The average Bonchev–Trinajstić information content (AvgIpc) is 2.49. The van der Waals surface area contributed by atoms with Gasteiger partial charge in [-0.2, -0.15) is 0 Å². The van der Waals surface area contributed by atoms with Crippen LogP contribution in [-0.2, 0) is 22.0 Å². The number of carbonyl (C=O) groups is 1. The SMILES string of the molecule is CC(C)(C)c1cc(Nc2cc(Cl)nnc2Cl)cc(C(C)(C)C)c1CC(=O)O. The highest BCUT2D eigenvalue weighted by atomic mass is 35.5. The second kappa shape index (κ2) is 7.64. The van der Waals surface area contributed by atoms with E-state index in [1.807, 2.05) is 12.1 Å². The fourth-order valence-corrected chi connectivity index (χ4v) is 3.31. The van der Waals surface area contributed by atoms with E-state index in [0.29, 0.717) is 5.69 Å². The van der Waals surface area contributed by atoms with Crippen LogP contribution in [0.2, 0.25) is 10.3 Å². The fourth-order valence-electron chi connectivity index (χ4n) is 3.02. The number of carboxylic acid groups (broad SMARTS) is 1. The van der Waals surface area contributed by atoms with Crippen molar-refractivity contribution in [1.82, 2.24) is 10.2 Å². The Bertz CT molecular complexity index is 834. The number of anilines is 2. The van der Waals surface area contributed by atoms with Gasteiger partial charge in [0.2, 0.25) is 0 Å². The van der Waals surface area contributed by atoms with Crippen molar-refractivity contribution in [1.29, 1.82) is 0 Å². The molecule has 27 heavy (non-hydrogen) atoms. The lowest BCUT2D eigenvalue weighted by Crippen LogP contribution is -2.23. The zero-order valence-electron chi connectivity index (χ0n) is 16.4. The second-order valence-electron chi connectivity index (χ2n) is 8.62. The van der Waals surface area contributed by atoms with Crippen molar-refractivity contribution in [2.75, 3.05) is 5.32 Å². The molecule has 0 unspecified atom stereocenters. The molecule has 0 aliphatic carbocycles. The van der Waals surface area contributed by atoms with E-state index in [4.69, 9.17) is 23.2 Å².